The van der Waals surface area contributed by atoms with Gasteiger partial charge in [0.25, 0.3) is 0 Å². The van der Waals surface area contributed by atoms with Gasteiger partial charge in [-0.25, -0.2) is 0 Å². The number of nitrogens with zero attached hydrogens (tertiary/aromatic N) is 2. The van der Waals surface area contributed by atoms with Gasteiger partial charge in [-0.3, -0.25) is 9.59 Å². The summed E-state index contributed by atoms with van der Waals surface area (Å²) in [6.07, 6.45) is 4.15. The van der Waals surface area contributed by atoms with Crippen molar-refractivity contribution in [2.45, 2.75) is 96.6 Å². The number of benzene rings is 1. The molecule has 4 unspecified atom stereocenters. The van der Waals surface area contributed by atoms with Gasteiger partial charge >= 0.3 is 0 Å². The molecule has 234 valence electrons. The molecule has 1 aromatic carbocycles. The van der Waals surface area contributed by atoms with Crippen LogP contribution in [0.5, 0.6) is 0 Å². The van der Waals surface area contributed by atoms with E-state index in [9.17, 15) is 14.4 Å². The Labute approximate surface area is 248 Å². The Morgan fingerprint density at radius 3 is 2.34 bits per heavy atom. The van der Waals surface area contributed by atoms with Crippen LogP contribution >= 0.6 is 0 Å². The van der Waals surface area contributed by atoms with Crippen LogP contribution < -0.4 is 11.1 Å². The van der Waals surface area contributed by atoms with Crippen molar-refractivity contribution >= 4 is 18.1 Å². The Morgan fingerprint density at radius 1 is 1.17 bits per heavy atom. The lowest BCUT2D eigenvalue weighted by Crippen LogP contribution is -2.56. The SMILES string of the molecule is CC[C@H](C)C(C(CC(=O)N1CCCC1C(CC=O)OC)OC)N(C)C(=O)[C@@H](N)C(C)C.CNCCc1ccccc1. The van der Waals surface area contributed by atoms with Crippen LogP contribution in [0.15, 0.2) is 30.3 Å². The first kappa shape index (κ1) is 36.7. The van der Waals surface area contributed by atoms with Crippen LogP contribution in [-0.4, -0.2) is 99.6 Å². The van der Waals surface area contributed by atoms with Crippen molar-refractivity contribution in [2.24, 2.45) is 17.6 Å². The summed E-state index contributed by atoms with van der Waals surface area (Å²) in [5.41, 5.74) is 7.53. The van der Waals surface area contributed by atoms with E-state index in [4.69, 9.17) is 15.2 Å². The van der Waals surface area contributed by atoms with E-state index >= 15 is 0 Å². The molecule has 1 aromatic rings. The zero-order valence-electron chi connectivity index (χ0n) is 26.7. The highest BCUT2D eigenvalue weighted by Gasteiger charge is 2.39. The van der Waals surface area contributed by atoms with Crippen molar-refractivity contribution in [1.29, 1.82) is 0 Å². The summed E-state index contributed by atoms with van der Waals surface area (Å²) in [6, 6.07) is 9.51. The highest BCUT2D eigenvalue weighted by Crippen LogP contribution is 2.27. The molecule has 0 spiro atoms. The van der Waals surface area contributed by atoms with Crippen molar-refractivity contribution in [1.82, 2.24) is 15.1 Å². The number of likely N-dealkylation sites (N-methyl/N-ethyl adjacent to an activating group) is 2. The zero-order valence-corrected chi connectivity index (χ0v) is 26.7. The lowest BCUT2D eigenvalue weighted by Gasteiger charge is -2.40. The number of carbonyl (C=O) groups excluding carboxylic acids is 3. The predicted molar refractivity (Wildman–Crippen MR) is 165 cm³/mol. The Hall–Kier alpha value is -2.33. The fraction of sp³-hybridized carbons (Fsp3) is 0.719. The largest absolute Gasteiger partial charge is 0.379 e. The van der Waals surface area contributed by atoms with Crippen LogP contribution in [0.4, 0.5) is 0 Å². The molecule has 1 fully saturated rings. The second-order valence-corrected chi connectivity index (χ2v) is 11.4. The van der Waals surface area contributed by atoms with Crippen LogP contribution in [-0.2, 0) is 30.3 Å². The van der Waals surface area contributed by atoms with Gasteiger partial charge in [0.05, 0.1) is 36.8 Å². The summed E-state index contributed by atoms with van der Waals surface area (Å²) in [5.74, 6) is -0.0320. The first-order valence-electron chi connectivity index (χ1n) is 15.1. The van der Waals surface area contributed by atoms with E-state index in [2.05, 4.69) is 43.4 Å². The van der Waals surface area contributed by atoms with E-state index in [1.54, 1.807) is 26.2 Å². The van der Waals surface area contributed by atoms with Crippen molar-refractivity contribution in [2.75, 3.05) is 41.4 Å². The molecule has 0 radical (unpaired) electrons. The number of nitrogens with one attached hydrogen (secondary N) is 1. The van der Waals surface area contributed by atoms with Gasteiger partial charge in [-0.15, -0.1) is 0 Å². The Morgan fingerprint density at radius 2 is 1.83 bits per heavy atom. The van der Waals surface area contributed by atoms with Crippen molar-refractivity contribution in [3.05, 3.63) is 35.9 Å². The molecule has 1 saturated heterocycles. The van der Waals surface area contributed by atoms with Gasteiger partial charge in [0, 0.05) is 34.2 Å². The quantitative estimate of drug-likeness (QED) is 0.290. The monoisotopic (exact) mass is 576 g/mol. The fourth-order valence-corrected chi connectivity index (χ4v) is 5.45. The van der Waals surface area contributed by atoms with Gasteiger partial charge in [-0.2, -0.15) is 0 Å². The maximum Gasteiger partial charge on any atom is 0.239 e. The molecule has 1 aliphatic heterocycles. The maximum absolute atomic E-state index is 13.3. The topological polar surface area (TPSA) is 114 Å². The van der Waals surface area contributed by atoms with E-state index < -0.39 is 12.1 Å². The van der Waals surface area contributed by atoms with Gasteiger partial charge in [-0.1, -0.05) is 64.4 Å². The normalized spacial score (nSPS) is 18.6. The lowest BCUT2D eigenvalue weighted by molar-refractivity contribution is -0.145. The van der Waals surface area contributed by atoms with E-state index in [0.717, 1.165) is 38.5 Å². The molecule has 0 saturated carbocycles. The molecule has 2 amide bonds. The lowest BCUT2D eigenvalue weighted by atomic mass is 9.89. The van der Waals surface area contributed by atoms with Crippen molar-refractivity contribution in [3.63, 3.8) is 0 Å². The number of nitrogens with two attached hydrogens (primary N) is 1. The second kappa shape index (κ2) is 19.7. The third-order valence-corrected chi connectivity index (χ3v) is 8.27. The predicted octanol–water partition coefficient (Wildman–Crippen LogP) is 3.29. The zero-order chi connectivity index (χ0) is 30.9. The number of hydrogen-bond acceptors (Lipinski definition) is 7. The highest BCUT2D eigenvalue weighted by atomic mass is 16.5. The molecule has 6 atom stereocenters. The molecule has 9 nitrogen and oxygen atoms in total. The minimum absolute atomic E-state index is 0.0179. The number of ether oxygens (including phenoxy) is 2. The minimum atomic E-state index is -0.599. The molecule has 9 heteroatoms. The third kappa shape index (κ3) is 11.5. The number of rotatable bonds is 16. The molecule has 0 aliphatic carbocycles. The Bertz CT molecular complexity index is 884. The van der Waals surface area contributed by atoms with Crippen molar-refractivity contribution in [3.8, 4) is 0 Å². The van der Waals surface area contributed by atoms with Crippen LogP contribution in [0, 0.1) is 11.8 Å². The smallest absolute Gasteiger partial charge is 0.239 e. The molecular weight excluding hydrogens is 520 g/mol. The number of hydrogen-bond donors (Lipinski definition) is 2. The molecule has 41 heavy (non-hydrogen) atoms. The molecule has 0 aromatic heterocycles. The average molecular weight is 577 g/mol. The average Bonchev–Trinajstić information content (AvgIpc) is 3.48. The van der Waals surface area contributed by atoms with Gasteiger partial charge < -0.3 is 35.1 Å². The van der Waals surface area contributed by atoms with E-state index in [1.807, 2.05) is 31.9 Å². The number of carbonyl (C=O) groups is 3. The number of methoxy groups -OCH3 is 2. The van der Waals surface area contributed by atoms with Crippen LogP contribution in [0.3, 0.4) is 0 Å². The summed E-state index contributed by atoms with van der Waals surface area (Å²) in [7, 11) is 6.88. The molecule has 2 rings (SSSR count). The maximum atomic E-state index is 13.3. The Balaban J connectivity index is 0.000000702. The molecule has 0 bridgehead atoms. The van der Waals surface area contributed by atoms with E-state index in [1.165, 1.54) is 5.56 Å². The summed E-state index contributed by atoms with van der Waals surface area (Å²) in [5, 5.41) is 3.12. The summed E-state index contributed by atoms with van der Waals surface area (Å²) in [4.78, 5) is 40.7. The number of amides is 2. The minimum Gasteiger partial charge on any atom is -0.379 e. The molecule has 1 heterocycles. The van der Waals surface area contributed by atoms with E-state index in [0.29, 0.717) is 6.54 Å². The third-order valence-electron chi connectivity index (χ3n) is 8.27. The second-order valence-electron chi connectivity index (χ2n) is 11.4. The standard InChI is InChI=1S/C23H43N3O5.C9H13N/c1-8-16(4)22(25(5)23(29)21(24)15(2)3)19(31-7)14-20(28)26-12-9-10-17(26)18(30-6)11-13-27;1-10-8-7-9-5-3-2-4-6-9/h13,15-19,21-22H,8-12,14,24H2,1-7H3;2-6,10H,7-8H2,1H3/t16-,17?,18?,19?,21-,22?;/m0./s1. The van der Waals surface area contributed by atoms with Crippen molar-refractivity contribution < 1.29 is 23.9 Å². The van der Waals surface area contributed by atoms with Gasteiger partial charge in [0.2, 0.25) is 11.8 Å². The first-order valence-corrected chi connectivity index (χ1v) is 15.1. The van der Waals surface area contributed by atoms with Gasteiger partial charge in [0.1, 0.15) is 6.29 Å². The van der Waals surface area contributed by atoms with Crippen LogP contribution in [0.2, 0.25) is 0 Å². The number of likely N-dealkylation sites (tertiary alicyclic amines) is 1. The Kier molecular flexibility index (Phi) is 17.7. The van der Waals surface area contributed by atoms with E-state index in [-0.39, 0.29) is 54.7 Å². The molecule has 1 aliphatic rings. The summed E-state index contributed by atoms with van der Waals surface area (Å²) >= 11 is 0. The molecule has 3 N–H and O–H groups in total. The first-order chi connectivity index (χ1) is 19.6. The summed E-state index contributed by atoms with van der Waals surface area (Å²) < 4.78 is 11.3. The van der Waals surface area contributed by atoms with Crippen LogP contribution in [0.25, 0.3) is 0 Å². The van der Waals surface area contributed by atoms with Gasteiger partial charge in [0.15, 0.2) is 0 Å². The summed E-state index contributed by atoms with van der Waals surface area (Å²) in [6.45, 7) is 9.67. The highest BCUT2D eigenvalue weighted by molar-refractivity contribution is 5.82. The fourth-order valence-electron chi connectivity index (χ4n) is 5.45. The van der Waals surface area contributed by atoms with Gasteiger partial charge in [-0.05, 0) is 50.3 Å². The number of aldehydes is 1. The van der Waals surface area contributed by atoms with Crippen LogP contribution in [0.1, 0.15) is 65.4 Å². The molecular formula is C32H56N4O5.